The minimum Gasteiger partial charge on any atom is -0.207 e. The molecule has 90 valence electrons. The first-order valence-corrected chi connectivity index (χ1v) is 6.71. The first-order valence-electron chi connectivity index (χ1n) is 5.39. The second-order valence-electron chi connectivity index (χ2n) is 4.85. The highest BCUT2D eigenvalue weighted by molar-refractivity contribution is 9.10. The average molecular weight is 308 g/mol. The summed E-state index contributed by atoms with van der Waals surface area (Å²) in [6.07, 6.45) is 0.856. The van der Waals surface area contributed by atoms with E-state index in [9.17, 15) is 4.39 Å². The highest BCUT2D eigenvalue weighted by Gasteiger charge is 2.28. The molecule has 1 atom stereocenters. The smallest absolute Gasteiger partial charge is 0.124 e. The van der Waals surface area contributed by atoms with Gasteiger partial charge in [-0.3, -0.25) is 0 Å². The molecule has 0 aromatic heterocycles. The standard InChI is InChI=1S/C13H17BrClF/c1-9(2)13(3,8-15)7-10-4-5-11(16)6-12(10)14/h4-6,9H,7-8H2,1-3H3. The molecule has 0 N–H and O–H groups in total. The van der Waals surface area contributed by atoms with E-state index in [1.807, 2.05) is 6.07 Å². The molecule has 0 aliphatic rings. The Morgan fingerprint density at radius 2 is 2.06 bits per heavy atom. The van der Waals surface area contributed by atoms with Crippen molar-refractivity contribution in [2.24, 2.45) is 11.3 Å². The summed E-state index contributed by atoms with van der Waals surface area (Å²) in [5, 5.41) is 0. The second-order valence-corrected chi connectivity index (χ2v) is 5.98. The van der Waals surface area contributed by atoms with E-state index in [1.165, 1.54) is 12.1 Å². The van der Waals surface area contributed by atoms with Gasteiger partial charge in [-0.25, -0.2) is 4.39 Å². The number of hydrogen-bond donors (Lipinski definition) is 0. The van der Waals surface area contributed by atoms with Gasteiger partial charge < -0.3 is 0 Å². The van der Waals surface area contributed by atoms with Gasteiger partial charge >= 0.3 is 0 Å². The van der Waals surface area contributed by atoms with Crippen LogP contribution in [0.1, 0.15) is 26.3 Å². The minimum absolute atomic E-state index is 0.0436. The molecule has 0 bridgehead atoms. The van der Waals surface area contributed by atoms with Gasteiger partial charge in [-0.1, -0.05) is 42.8 Å². The summed E-state index contributed by atoms with van der Waals surface area (Å²) in [5.41, 5.74) is 1.15. The molecule has 0 spiro atoms. The van der Waals surface area contributed by atoms with Crippen molar-refractivity contribution in [1.82, 2.24) is 0 Å². The molecule has 0 radical (unpaired) electrons. The molecule has 0 saturated carbocycles. The highest BCUT2D eigenvalue weighted by atomic mass is 79.9. The summed E-state index contributed by atoms with van der Waals surface area (Å²) in [7, 11) is 0. The van der Waals surface area contributed by atoms with E-state index in [1.54, 1.807) is 0 Å². The number of hydrogen-bond acceptors (Lipinski definition) is 0. The molecule has 0 aliphatic heterocycles. The second kappa shape index (κ2) is 5.50. The zero-order chi connectivity index (χ0) is 12.3. The van der Waals surface area contributed by atoms with Gasteiger partial charge in [0.15, 0.2) is 0 Å². The van der Waals surface area contributed by atoms with Crippen LogP contribution in [-0.2, 0) is 6.42 Å². The fourth-order valence-electron chi connectivity index (χ4n) is 1.51. The third-order valence-electron chi connectivity index (χ3n) is 3.31. The van der Waals surface area contributed by atoms with Crippen molar-refractivity contribution in [1.29, 1.82) is 0 Å². The van der Waals surface area contributed by atoms with Crippen LogP contribution in [-0.4, -0.2) is 5.88 Å². The minimum atomic E-state index is -0.215. The summed E-state index contributed by atoms with van der Waals surface area (Å²) in [6, 6.07) is 4.83. The molecule has 1 aromatic rings. The summed E-state index contributed by atoms with van der Waals surface area (Å²) in [5.74, 6) is 0.879. The predicted molar refractivity (Wildman–Crippen MR) is 71.5 cm³/mol. The third kappa shape index (κ3) is 3.21. The third-order valence-corrected chi connectivity index (χ3v) is 4.66. The molecule has 1 unspecified atom stereocenters. The maximum Gasteiger partial charge on any atom is 0.124 e. The van der Waals surface area contributed by atoms with Crippen LogP contribution in [0.5, 0.6) is 0 Å². The van der Waals surface area contributed by atoms with Gasteiger partial charge in [-0.15, -0.1) is 11.6 Å². The van der Waals surface area contributed by atoms with E-state index in [2.05, 4.69) is 36.7 Å². The lowest BCUT2D eigenvalue weighted by atomic mass is 9.76. The van der Waals surface area contributed by atoms with E-state index in [-0.39, 0.29) is 11.2 Å². The number of benzene rings is 1. The maximum absolute atomic E-state index is 13.0. The molecule has 0 saturated heterocycles. The van der Waals surface area contributed by atoms with Gasteiger partial charge in [0.25, 0.3) is 0 Å². The van der Waals surface area contributed by atoms with Gasteiger partial charge in [0.1, 0.15) is 5.82 Å². The van der Waals surface area contributed by atoms with E-state index in [0.29, 0.717) is 11.8 Å². The van der Waals surface area contributed by atoms with Crippen LogP contribution in [0.25, 0.3) is 0 Å². The molecule has 0 heterocycles. The van der Waals surface area contributed by atoms with Crippen molar-refractivity contribution in [3.63, 3.8) is 0 Å². The van der Waals surface area contributed by atoms with Crippen molar-refractivity contribution >= 4 is 27.5 Å². The zero-order valence-electron chi connectivity index (χ0n) is 9.86. The number of halogens is 3. The Morgan fingerprint density at radius 1 is 1.44 bits per heavy atom. The molecule has 3 heteroatoms. The lowest BCUT2D eigenvalue weighted by Crippen LogP contribution is -2.28. The van der Waals surface area contributed by atoms with Crippen LogP contribution in [0.3, 0.4) is 0 Å². The summed E-state index contributed by atoms with van der Waals surface area (Å²) in [4.78, 5) is 0. The van der Waals surface area contributed by atoms with Crippen LogP contribution >= 0.6 is 27.5 Å². The van der Waals surface area contributed by atoms with Gasteiger partial charge in [-0.05, 0) is 35.4 Å². The van der Waals surface area contributed by atoms with Gasteiger partial charge in [-0.2, -0.15) is 0 Å². The largest absolute Gasteiger partial charge is 0.207 e. The molecule has 0 nitrogen and oxygen atoms in total. The van der Waals surface area contributed by atoms with Crippen LogP contribution in [0.2, 0.25) is 0 Å². The molecule has 0 fully saturated rings. The van der Waals surface area contributed by atoms with Gasteiger partial charge in [0.2, 0.25) is 0 Å². The Morgan fingerprint density at radius 3 is 2.50 bits per heavy atom. The monoisotopic (exact) mass is 306 g/mol. The maximum atomic E-state index is 13.0. The molecular weight excluding hydrogens is 290 g/mol. The fourth-order valence-corrected chi connectivity index (χ4v) is 2.40. The molecule has 0 amide bonds. The van der Waals surface area contributed by atoms with E-state index in [0.717, 1.165) is 16.5 Å². The summed E-state index contributed by atoms with van der Waals surface area (Å²) >= 11 is 9.44. The van der Waals surface area contributed by atoms with Gasteiger partial charge in [0, 0.05) is 10.4 Å². The number of rotatable bonds is 4. The van der Waals surface area contributed by atoms with Crippen molar-refractivity contribution in [3.8, 4) is 0 Å². The first-order chi connectivity index (χ1) is 7.39. The van der Waals surface area contributed by atoms with E-state index in [4.69, 9.17) is 11.6 Å². The Kier molecular flexibility index (Phi) is 4.81. The van der Waals surface area contributed by atoms with Crippen LogP contribution < -0.4 is 0 Å². The average Bonchev–Trinajstić information content (AvgIpc) is 2.22. The lowest BCUT2D eigenvalue weighted by Gasteiger charge is -2.32. The molecule has 1 aromatic carbocycles. The summed E-state index contributed by atoms with van der Waals surface area (Å²) < 4.78 is 13.8. The molecular formula is C13H17BrClF. The summed E-state index contributed by atoms with van der Waals surface area (Å²) in [6.45, 7) is 6.50. The lowest BCUT2D eigenvalue weighted by molar-refractivity contribution is 0.253. The molecule has 0 aliphatic carbocycles. The Hall–Kier alpha value is -0.0800. The fraction of sp³-hybridized carbons (Fsp3) is 0.538. The van der Waals surface area contributed by atoms with Crippen molar-refractivity contribution in [2.75, 3.05) is 5.88 Å². The van der Waals surface area contributed by atoms with Crippen LogP contribution in [0.15, 0.2) is 22.7 Å². The normalized spacial score (nSPS) is 15.2. The van der Waals surface area contributed by atoms with Crippen LogP contribution in [0, 0.1) is 17.2 Å². The van der Waals surface area contributed by atoms with E-state index >= 15 is 0 Å². The Bertz CT molecular complexity index is 365. The van der Waals surface area contributed by atoms with E-state index < -0.39 is 0 Å². The molecule has 1 rings (SSSR count). The Labute approximate surface area is 110 Å². The van der Waals surface area contributed by atoms with Crippen molar-refractivity contribution in [3.05, 3.63) is 34.1 Å². The van der Waals surface area contributed by atoms with Crippen molar-refractivity contribution in [2.45, 2.75) is 27.2 Å². The quantitative estimate of drug-likeness (QED) is 0.684. The topological polar surface area (TPSA) is 0 Å². The zero-order valence-corrected chi connectivity index (χ0v) is 12.2. The predicted octanol–water partition coefficient (Wildman–Crippen LogP) is 5.03. The van der Waals surface area contributed by atoms with Crippen LogP contribution in [0.4, 0.5) is 4.39 Å². The SMILES string of the molecule is CC(C)C(C)(CCl)Cc1ccc(F)cc1Br. The van der Waals surface area contributed by atoms with Crippen molar-refractivity contribution < 1.29 is 4.39 Å². The number of alkyl halides is 1. The Balaban J connectivity index is 2.95. The van der Waals surface area contributed by atoms with Gasteiger partial charge in [0.05, 0.1) is 0 Å². The molecule has 16 heavy (non-hydrogen) atoms. The first kappa shape index (κ1) is 14.0. The highest BCUT2D eigenvalue weighted by Crippen LogP contribution is 2.34.